The zero-order valence-electron chi connectivity index (χ0n) is 10.9. The average Bonchev–Trinajstić information content (AvgIpc) is 2.28. The highest BCUT2D eigenvalue weighted by Crippen LogP contribution is 2.29. The maximum Gasteiger partial charge on any atom is 0.221 e. The Morgan fingerprint density at radius 1 is 1.50 bits per heavy atom. The van der Waals surface area contributed by atoms with Gasteiger partial charge in [0.05, 0.1) is 4.99 Å². The first-order valence-corrected chi connectivity index (χ1v) is 8.12. The van der Waals surface area contributed by atoms with Crippen molar-refractivity contribution in [2.24, 2.45) is 11.1 Å². The summed E-state index contributed by atoms with van der Waals surface area (Å²) in [6.07, 6.45) is 2.11. The maximum absolute atomic E-state index is 12.1. The van der Waals surface area contributed by atoms with Gasteiger partial charge in [-0.25, -0.2) is 13.1 Å². The predicted octanol–water partition coefficient (Wildman–Crippen LogP) is 0.787. The van der Waals surface area contributed by atoms with Crippen LogP contribution >= 0.6 is 12.2 Å². The first kappa shape index (κ1) is 15.8. The molecule has 1 fully saturated rings. The summed E-state index contributed by atoms with van der Waals surface area (Å²) >= 11 is 4.80. The van der Waals surface area contributed by atoms with Gasteiger partial charge in [0.15, 0.2) is 0 Å². The molecule has 0 amide bonds. The van der Waals surface area contributed by atoms with E-state index in [9.17, 15) is 8.42 Å². The van der Waals surface area contributed by atoms with Crippen LogP contribution in [0.15, 0.2) is 0 Å². The van der Waals surface area contributed by atoms with E-state index in [2.05, 4.69) is 11.6 Å². The van der Waals surface area contributed by atoms with Gasteiger partial charge in [0, 0.05) is 19.8 Å². The van der Waals surface area contributed by atoms with Crippen molar-refractivity contribution in [3.63, 3.8) is 0 Å². The summed E-state index contributed by atoms with van der Waals surface area (Å²) in [5, 5.41) is -0.782. The molecular weight excluding hydrogens is 272 g/mol. The minimum atomic E-state index is -3.47. The Bertz CT molecular complexity index is 389. The number of hydrogen-bond acceptors (Lipinski definition) is 4. The summed E-state index contributed by atoms with van der Waals surface area (Å²) in [6.45, 7) is 5.62. The molecule has 106 valence electrons. The number of sulfonamides is 1. The van der Waals surface area contributed by atoms with E-state index in [4.69, 9.17) is 22.7 Å². The van der Waals surface area contributed by atoms with Gasteiger partial charge in [-0.2, -0.15) is 0 Å². The van der Waals surface area contributed by atoms with Crippen molar-refractivity contribution >= 4 is 27.2 Å². The number of nitrogens with one attached hydrogen (secondary N) is 1. The highest BCUT2D eigenvalue weighted by Gasteiger charge is 2.32. The second-order valence-corrected chi connectivity index (χ2v) is 7.51. The molecule has 7 heteroatoms. The minimum Gasteiger partial charge on any atom is -0.392 e. The fourth-order valence-electron chi connectivity index (χ4n) is 1.99. The van der Waals surface area contributed by atoms with Crippen LogP contribution in [0.25, 0.3) is 0 Å². The first-order valence-electron chi connectivity index (χ1n) is 6.16. The highest BCUT2D eigenvalue weighted by molar-refractivity contribution is 7.93. The zero-order valence-corrected chi connectivity index (χ0v) is 12.6. The topological polar surface area (TPSA) is 81.4 Å². The van der Waals surface area contributed by atoms with E-state index in [0.717, 1.165) is 12.8 Å². The molecule has 1 heterocycles. The monoisotopic (exact) mass is 294 g/mol. The van der Waals surface area contributed by atoms with E-state index < -0.39 is 15.3 Å². The molecule has 0 aromatic rings. The smallest absolute Gasteiger partial charge is 0.221 e. The van der Waals surface area contributed by atoms with E-state index in [0.29, 0.717) is 26.2 Å². The Morgan fingerprint density at radius 3 is 2.50 bits per heavy atom. The number of hydrogen-bond donors (Lipinski definition) is 2. The van der Waals surface area contributed by atoms with Gasteiger partial charge < -0.3 is 10.5 Å². The number of ether oxygens (including phenoxy) is 1. The molecule has 0 bridgehead atoms. The third-order valence-corrected chi connectivity index (χ3v) is 5.78. The van der Waals surface area contributed by atoms with Gasteiger partial charge in [0.25, 0.3) is 0 Å². The molecule has 0 aromatic heterocycles. The van der Waals surface area contributed by atoms with E-state index in [1.165, 1.54) is 0 Å². The van der Waals surface area contributed by atoms with Crippen LogP contribution in [-0.2, 0) is 14.8 Å². The van der Waals surface area contributed by atoms with Crippen molar-refractivity contribution in [1.29, 1.82) is 0 Å². The van der Waals surface area contributed by atoms with Crippen LogP contribution in [0, 0.1) is 5.41 Å². The molecule has 18 heavy (non-hydrogen) atoms. The molecule has 1 unspecified atom stereocenters. The third-order valence-electron chi connectivity index (χ3n) is 3.46. The summed E-state index contributed by atoms with van der Waals surface area (Å²) in [7, 11) is -3.47. The van der Waals surface area contributed by atoms with Crippen LogP contribution in [0.5, 0.6) is 0 Å². The van der Waals surface area contributed by atoms with Gasteiger partial charge in [-0.05, 0) is 24.7 Å². The van der Waals surface area contributed by atoms with Crippen molar-refractivity contribution in [1.82, 2.24) is 4.72 Å². The van der Waals surface area contributed by atoms with Crippen molar-refractivity contribution in [3.05, 3.63) is 0 Å². The van der Waals surface area contributed by atoms with E-state index in [-0.39, 0.29) is 10.4 Å². The van der Waals surface area contributed by atoms with Gasteiger partial charge in [0.2, 0.25) is 10.0 Å². The summed E-state index contributed by atoms with van der Waals surface area (Å²) in [6, 6.07) is 0. The number of rotatable bonds is 6. The lowest BCUT2D eigenvalue weighted by molar-refractivity contribution is 0.0264. The zero-order chi connectivity index (χ0) is 13.8. The van der Waals surface area contributed by atoms with Gasteiger partial charge >= 0.3 is 0 Å². The van der Waals surface area contributed by atoms with Crippen LogP contribution < -0.4 is 10.5 Å². The van der Waals surface area contributed by atoms with E-state index in [1.807, 2.05) is 0 Å². The van der Waals surface area contributed by atoms with Gasteiger partial charge in [0.1, 0.15) is 5.25 Å². The number of thiocarbonyl (C=S) groups is 1. The molecule has 0 saturated carbocycles. The molecule has 3 N–H and O–H groups in total. The molecule has 0 aliphatic carbocycles. The Hall–Kier alpha value is -0.240. The van der Waals surface area contributed by atoms with Crippen LogP contribution in [0.4, 0.5) is 0 Å². The fourth-order valence-corrected chi connectivity index (χ4v) is 4.03. The molecule has 0 radical (unpaired) electrons. The lowest BCUT2D eigenvalue weighted by Crippen LogP contribution is -2.46. The van der Waals surface area contributed by atoms with Crippen molar-refractivity contribution in [2.75, 3.05) is 19.8 Å². The van der Waals surface area contributed by atoms with Crippen LogP contribution in [-0.4, -0.2) is 38.4 Å². The molecule has 5 nitrogen and oxygen atoms in total. The molecule has 1 saturated heterocycles. The SMILES string of the molecule is CCC(C(N)=S)S(=O)(=O)NCC1(C)CCOCC1. The Morgan fingerprint density at radius 2 is 2.06 bits per heavy atom. The summed E-state index contributed by atoms with van der Waals surface area (Å²) in [4.78, 5) is 0.0298. The Balaban J connectivity index is 2.63. The summed E-state index contributed by atoms with van der Waals surface area (Å²) < 4.78 is 32.1. The van der Waals surface area contributed by atoms with Gasteiger partial charge in [-0.1, -0.05) is 26.1 Å². The maximum atomic E-state index is 12.1. The van der Waals surface area contributed by atoms with Gasteiger partial charge in [-0.3, -0.25) is 0 Å². The molecule has 1 atom stereocenters. The van der Waals surface area contributed by atoms with Gasteiger partial charge in [-0.15, -0.1) is 0 Å². The second-order valence-electron chi connectivity index (χ2n) is 5.09. The lowest BCUT2D eigenvalue weighted by Gasteiger charge is -2.33. The molecule has 1 aliphatic heterocycles. The van der Waals surface area contributed by atoms with E-state index in [1.54, 1.807) is 6.92 Å². The molecule has 0 spiro atoms. The first-order chi connectivity index (χ1) is 8.31. The molecular formula is C11H22N2O3S2. The average molecular weight is 294 g/mol. The minimum absolute atomic E-state index is 0.0298. The van der Waals surface area contributed by atoms with Crippen molar-refractivity contribution in [3.8, 4) is 0 Å². The second kappa shape index (κ2) is 6.27. The molecule has 0 aromatic carbocycles. The Kier molecular flexibility index (Phi) is 5.51. The lowest BCUT2D eigenvalue weighted by atomic mass is 9.83. The molecule has 1 rings (SSSR count). The van der Waals surface area contributed by atoms with Crippen molar-refractivity contribution < 1.29 is 13.2 Å². The highest BCUT2D eigenvalue weighted by atomic mass is 32.2. The predicted molar refractivity (Wildman–Crippen MR) is 75.9 cm³/mol. The number of nitrogens with two attached hydrogens (primary N) is 1. The van der Waals surface area contributed by atoms with Crippen molar-refractivity contribution in [2.45, 2.75) is 38.4 Å². The largest absolute Gasteiger partial charge is 0.392 e. The Labute approximate surface area is 115 Å². The summed E-state index contributed by atoms with van der Waals surface area (Å²) in [5.74, 6) is 0. The standard InChI is InChI=1S/C11H22N2O3S2/c1-3-9(10(12)17)18(14,15)13-8-11(2)4-6-16-7-5-11/h9,13H,3-8H2,1-2H3,(H2,12,17). The van der Waals surface area contributed by atoms with Crippen LogP contribution in [0.1, 0.15) is 33.1 Å². The van der Waals surface area contributed by atoms with Crippen LogP contribution in [0.3, 0.4) is 0 Å². The molecule has 1 aliphatic rings. The fraction of sp³-hybridized carbons (Fsp3) is 0.909. The summed E-state index contributed by atoms with van der Waals surface area (Å²) in [5.41, 5.74) is 5.43. The van der Waals surface area contributed by atoms with Crippen LogP contribution in [0.2, 0.25) is 0 Å². The normalized spacial score (nSPS) is 21.4. The van der Waals surface area contributed by atoms with E-state index >= 15 is 0 Å². The third kappa shape index (κ3) is 4.15. The quantitative estimate of drug-likeness (QED) is 0.708.